The van der Waals surface area contributed by atoms with Gasteiger partial charge in [0, 0.05) is 5.56 Å². The lowest BCUT2D eigenvalue weighted by Gasteiger charge is -1.99. The van der Waals surface area contributed by atoms with Gasteiger partial charge in [-0.2, -0.15) is 4.74 Å². The molecule has 0 unspecified atom stereocenters. The van der Waals surface area contributed by atoms with E-state index in [-0.39, 0.29) is 6.01 Å². The van der Waals surface area contributed by atoms with Gasteiger partial charge < -0.3 is 9.15 Å². The van der Waals surface area contributed by atoms with Crippen LogP contribution >= 0.6 is 38.8 Å². The molecule has 1 heterocycles. The van der Waals surface area contributed by atoms with Crippen LogP contribution in [0.3, 0.4) is 0 Å². The van der Waals surface area contributed by atoms with E-state index in [4.69, 9.17) is 42.9 Å². The zero-order valence-corrected chi connectivity index (χ0v) is 12.2. The van der Waals surface area contributed by atoms with Gasteiger partial charge in [0.15, 0.2) is 0 Å². The van der Waals surface area contributed by atoms with E-state index < -0.39 is 5.11 Å². The molecule has 0 spiro atoms. The summed E-state index contributed by atoms with van der Waals surface area (Å²) in [5.74, 6) is 1.03. The second kappa shape index (κ2) is 5.49. The molecular formula is C9H7Cl3N3O2P. The fourth-order valence-electron chi connectivity index (χ4n) is 1.20. The normalized spacial score (nSPS) is 11.3. The monoisotopic (exact) mass is 325 g/mol. The molecule has 0 saturated heterocycles. The van der Waals surface area contributed by atoms with Gasteiger partial charge in [-0.15, -0.1) is 5.10 Å². The van der Waals surface area contributed by atoms with Crippen molar-refractivity contribution in [2.45, 2.75) is 0 Å². The number of methoxy groups -OCH3 is 1. The molecular weight excluding hydrogens is 319 g/mol. The summed E-state index contributed by atoms with van der Waals surface area (Å²) in [5.41, 5.74) is 0.729. The minimum atomic E-state index is -2.90. The molecule has 18 heavy (non-hydrogen) atoms. The first kappa shape index (κ1) is 13.7. The van der Waals surface area contributed by atoms with Crippen molar-refractivity contribution in [3.05, 3.63) is 24.3 Å². The zero-order valence-electron chi connectivity index (χ0n) is 9.05. The van der Waals surface area contributed by atoms with Gasteiger partial charge in [0.25, 0.3) is 0 Å². The predicted molar refractivity (Wildman–Crippen MR) is 72.9 cm³/mol. The van der Waals surface area contributed by atoms with Crippen molar-refractivity contribution in [1.29, 1.82) is 0 Å². The van der Waals surface area contributed by atoms with E-state index in [1.165, 1.54) is 0 Å². The Morgan fingerprint density at radius 2 is 1.83 bits per heavy atom. The van der Waals surface area contributed by atoms with Crippen LogP contribution in [0.1, 0.15) is 0 Å². The number of hydrogen-bond acceptors (Lipinski definition) is 5. The highest BCUT2D eigenvalue weighted by Gasteiger charge is 2.12. The molecule has 0 atom stereocenters. The van der Waals surface area contributed by atoms with E-state index >= 15 is 0 Å². The molecule has 1 aromatic heterocycles. The van der Waals surface area contributed by atoms with E-state index in [2.05, 4.69) is 14.9 Å². The molecule has 0 aliphatic carbocycles. The number of ether oxygens (including phenoxy) is 1. The van der Waals surface area contributed by atoms with Gasteiger partial charge in [0.1, 0.15) is 5.75 Å². The molecule has 0 saturated carbocycles. The largest absolute Gasteiger partial charge is 0.497 e. The smallest absolute Gasteiger partial charge is 0.344 e. The highest BCUT2D eigenvalue weighted by atomic mass is 36.0. The van der Waals surface area contributed by atoms with Crippen molar-refractivity contribution >= 4 is 44.8 Å². The summed E-state index contributed by atoms with van der Waals surface area (Å²) in [4.78, 5) is 0. The lowest BCUT2D eigenvalue weighted by molar-refractivity contribution is 0.415. The lowest BCUT2D eigenvalue weighted by Crippen LogP contribution is -1.82. The van der Waals surface area contributed by atoms with Crippen molar-refractivity contribution in [3.63, 3.8) is 0 Å². The third-order valence-corrected chi connectivity index (χ3v) is 3.03. The zero-order chi connectivity index (χ0) is 13.2. The molecule has 0 bridgehead atoms. The molecule has 2 rings (SSSR count). The highest BCUT2D eigenvalue weighted by Crippen LogP contribution is 2.66. The maximum atomic E-state index is 5.59. The number of rotatable bonds is 3. The molecule has 0 N–H and O–H groups in total. The fraction of sp³-hybridized carbons (Fsp3) is 0.111. The Hall–Kier alpha value is -0.740. The van der Waals surface area contributed by atoms with E-state index in [1.54, 1.807) is 31.4 Å². The molecule has 0 aliphatic rings. The van der Waals surface area contributed by atoms with Gasteiger partial charge in [-0.25, -0.2) is 0 Å². The highest BCUT2D eigenvalue weighted by molar-refractivity contribution is 8.26. The molecule has 0 amide bonds. The molecule has 0 radical (unpaired) electrons. The quantitative estimate of drug-likeness (QED) is 0.741. The van der Waals surface area contributed by atoms with Crippen LogP contribution in [0.5, 0.6) is 5.75 Å². The Morgan fingerprint density at radius 1 is 1.17 bits per heavy atom. The summed E-state index contributed by atoms with van der Waals surface area (Å²) >= 11 is 16.8. The average molecular weight is 327 g/mol. The first-order valence-electron chi connectivity index (χ1n) is 4.67. The van der Waals surface area contributed by atoms with E-state index in [1.807, 2.05) is 0 Å². The van der Waals surface area contributed by atoms with Gasteiger partial charge >= 0.3 is 6.01 Å². The van der Waals surface area contributed by atoms with Crippen molar-refractivity contribution < 1.29 is 9.15 Å². The predicted octanol–water partition coefficient (Wildman–Crippen LogP) is 5.04. The van der Waals surface area contributed by atoms with Gasteiger partial charge in [-0.05, 0) is 58.0 Å². The first-order chi connectivity index (χ1) is 8.48. The van der Waals surface area contributed by atoms with Crippen LogP contribution in [0.25, 0.3) is 11.5 Å². The Kier molecular flexibility index (Phi) is 4.17. The number of halogens is 3. The first-order valence-corrected chi connectivity index (χ1v) is 9.13. The van der Waals surface area contributed by atoms with E-state index in [0.29, 0.717) is 5.89 Å². The molecule has 0 fully saturated rings. The maximum Gasteiger partial charge on any atom is 0.344 e. The summed E-state index contributed by atoms with van der Waals surface area (Å²) in [7, 11) is 1.59. The van der Waals surface area contributed by atoms with Gasteiger partial charge in [-0.3, -0.25) is 0 Å². The minimum absolute atomic E-state index is 0.0471. The van der Waals surface area contributed by atoms with Crippen molar-refractivity contribution in [2.24, 2.45) is 4.74 Å². The van der Waals surface area contributed by atoms with Crippen molar-refractivity contribution in [1.82, 2.24) is 10.2 Å². The number of hydrogen-bond donors (Lipinski definition) is 0. The second-order valence-corrected chi connectivity index (χ2v) is 10.1. The molecule has 5 nitrogen and oxygen atoms in total. The standard InChI is InChI=1S/C9H7Cl3N3O2P/c1-16-7-4-2-6(3-5-7)8-13-14-9(17-8)15-18(10,11)12/h2-5H,1H3. The van der Waals surface area contributed by atoms with Gasteiger partial charge in [0.2, 0.25) is 11.0 Å². The lowest BCUT2D eigenvalue weighted by atomic mass is 10.2. The summed E-state index contributed by atoms with van der Waals surface area (Å²) in [6.45, 7) is 0. The maximum absolute atomic E-state index is 5.59. The van der Waals surface area contributed by atoms with Crippen molar-refractivity contribution in [3.8, 4) is 17.2 Å². The third-order valence-electron chi connectivity index (χ3n) is 1.95. The molecule has 0 aliphatic heterocycles. The average Bonchev–Trinajstić information content (AvgIpc) is 2.75. The molecule has 9 heteroatoms. The van der Waals surface area contributed by atoms with Crippen LogP contribution in [-0.4, -0.2) is 17.3 Å². The molecule has 96 valence electrons. The van der Waals surface area contributed by atoms with Gasteiger partial charge in [0.05, 0.1) is 7.11 Å². The van der Waals surface area contributed by atoms with Crippen LogP contribution < -0.4 is 4.74 Å². The summed E-state index contributed by atoms with van der Waals surface area (Å²) < 4.78 is 14.0. The summed E-state index contributed by atoms with van der Waals surface area (Å²) in [6.07, 6.45) is 0. The Balaban J connectivity index is 2.29. The van der Waals surface area contributed by atoms with Crippen LogP contribution in [-0.2, 0) is 0 Å². The number of benzene rings is 1. The molecule has 1 aromatic carbocycles. The number of nitrogens with zero attached hydrogens (tertiary/aromatic N) is 3. The van der Waals surface area contributed by atoms with E-state index in [9.17, 15) is 0 Å². The van der Waals surface area contributed by atoms with Crippen LogP contribution in [0, 0.1) is 0 Å². The van der Waals surface area contributed by atoms with Crippen LogP contribution in [0.4, 0.5) is 6.01 Å². The SMILES string of the molecule is COc1ccc(-c2nnc(N=P(Cl)(Cl)Cl)o2)cc1. The van der Waals surface area contributed by atoms with Crippen LogP contribution in [0.2, 0.25) is 0 Å². The molecule has 2 aromatic rings. The fourth-order valence-corrected chi connectivity index (χ4v) is 2.06. The third kappa shape index (κ3) is 3.62. The minimum Gasteiger partial charge on any atom is -0.497 e. The topological polar surface area (TPSA) is 60.5 Å². The summed E-state index contributed by atoms with van der Waals surface area (Å²) in [6, 6.07) is 7.06. The van der Waals surface area contributed by atoms with Crippen LogP contribution in [0.15, 0.2) is 33.4 Å². The summed E-state index contributed by atoms with van der Waals surface area (Å²) in [5, 5.41) is 4.59. The number of aromatic nitrogens is 2. The Bertz CT molecular complexity index is 585. The second-order valence-electron chi connectivity index (χ2n) is 3.14. The van der Waals surface area contributed by atoms with Gasteiger partial charge in [-0.1, -0.05) is 5.10 Å². The van der Waals surface area contributed by atoms with Crippen molar-refractivity contribution in [2.75, 3.05) is 7.11 Å². The Morgan fingerprint density at radius 3 is 2.39 bits per heavy atom. The Labute approximate surface area is 117 Å². The van der Waals surface area contributed by atoms with E-state index in [0.717, 1.165) is 11.3 Å².